The highest BCUT2D eigenvalue weighted by Gasteiger charge is 1.96. The number of carboxylic acid groups (broad SMARTS) is 1. The first-order chi connectivity index (χ1) is 4.30. The monoisotopic (exact) mass is 125 g/mol. The Morgan fingerprint density at radius 2 is 1.89 bits per heavy atom. The molecule has 0 heterocycles. The Labute approximate surface area is 54.2 Å². The third-order valence-corrected chi connectivity index (χ3v) is 1.02. The third-order valence-electron chi connectivity index (χ3n) is 1.02. The summed E-state index contributed by atoms with van der Waals surface area (Å²) in [5.41, 5.74) is 0.331. The Kier molecular flexibility index (Phi) is 1.49. The first kappa shape index (κ1) is 5.82. The number of hydrogen-bond acceptors (Lipinski definition) is 1. The zero-order chi connectivity index (χ0) is 6.69. The molecule has 48 valence electrons. The van der Waals surface area contributed by atoms with Gasteiger partial charge in [-0.1, -0.05) is 18.2 Å². The van der Waals surface area contributed by atoms with Gasteiger partial charge >= 0.3 is 5.97 Å². The van der Waals surface area contributed by atoms with E-state index >= 15 is 0 Å². The Balaban J connectivity index is 0.000000810. The van der Waals surface area contributed by atoms with Gasteiger partial charge in [-0.25, -0.2) is 4.79 Å². The van der Waals surface area contributed by atoms with Crippen molar-refractivity contribution in [1.29, 1.82) is 0 Å². The molecular formula is C7H8O2. The van der Waals surface area contributed by atoms with Crippen LogP contribution in [0.15, 0.2) is 30.3 Å². The molecule has 2 nitrogen and oxygen atoms in total. The second-order valence-corrected chi connectivity index (χ2v) is 1.67. The van der Waals surface area contributed by atoms with Crippen LogP contribution in [0, 0.1) is 0 Å². The smallest absolute Gasteiger partial charge is 0.335 e. The molecule has 0 amide bonds. The molecule has 1 rings (SSSR count). The molecule has 0 fully saturated rings. The minimum Gasteiger partial charge on any atom is -0.478 e. The molecule has 1 aromatic carbocycles. The summed E-state index contributed by atoms with van der Waals surface area (Å²) in [4.78, 5) is 10.2. The van der Waals surface area contributed by atoms with Crippen molar-refractivity contribution < 1.29 is 11.3 Å². The third kappa shape index (κ3) is 1.29. The second kappa shape index (κ2) is 2.31. The second-order valence-electron chi connectivity index (χ2n) is 1.67. The molecule has 1 aromatic rings. The summed E-state index contributed by atoms with van der Waals surface area (Å²) in [7, 11) is 0. The van der Waals surface area contributed by atoms with Crippen molar-refractivity contribution in [2.45, 2.75) is 0 Å². The summed E-state index contributed by atoms with van der Waals surface area (Å²) in [6, 6.07) is 8.30. The number of aromatic carboxylic acids is 1. The number of carbonyl (C=O) groups is 1. The van der Waals surface area contributed by atoms with E-state index in [0.717, 1.165) is 0 Å². The van der Waals surface area contributed by atoms with Gasteiger partial charge in [0.05, 0.1) is 5.56 Å². The van der Waals surface area contributed by atoms with Crippen molar-refractivity contribution in [2.75, 3.05) is 0 Å². The molecule has 0 atom stereocenters. The van der Waals surface area contributed by atoms with E-state index < -0.39 is 5.97 Å². The van der Waals surface area contributed by atoms with Crippen molar-refractivity contribution in [3.05, 3.63) is 35.9 Å². The van der Waals surface area contributed by atoms with Gasteiger partial charge in [-0.15, -0.1) is 0 Å². The fourth-order valence-corrected chi connectivity index (χ4v) is 0.581. The van der Waals surface area contributed by atoms with E-state index in [1.54, 1.807) is 30.3 Å². The van der Waals surface area contributed by atoms with Crippen LogP contribution in [0.2, 0.25) is 0 Å². The highest BCUT2D eigenvalue weighted by Crippen LogP contribution is 1.96. The molecule has 0 unspecified atom stereocenters. The Morgan fingerprint density at radius 3 is 2.22 bits per heavy atom. The fraction of sp³-hybridized carbons (Fsp3) is 0. The molecule has 0 aliphatic heterocycles. The maximum absolute atomic E-state index is 10.2. The number of benzene rings is 1. The van der Waals surface area contributed by atoms with Crippen LogP contribution in [0.3, 0.4) is 0 Å². The van der Waals surface area contributed by atoms with Crippen molar-refractivity contribution in [2.24, 2.45) is 0 Å². The molecule has 0 aliphatic rings. The summed E-state index contributed by atoms with van der Waals surface area (Å²) in [6.45, 7) is 0. The summed E-state index contributed by atoms with van der Waals surface area (Å²) >= 11 is 0. The molecule has 0 saturated heterocycles. The first-order valence-electron chi connectivity index (χ1n) is 2.59. The predicted molar refractivity (Wildman–Crippen MR) is 35.5 cm³/mol. The maximum Gasteiger partial charge on any atom is 0.335 e. The topological polar surface area (TPSA) is 37.3 Å². The van der Waals surface area contributed by atoms with Gasteiger partial charge in [0.1, 0.15) is 0 Å². The van der Waals surface area contributed by atoms with Crippen molar-refractivity contribution in [3.63, 3.8) is 0 Å². The summed E-state index contributed by atoms with van der Waals surface area (Å²) in [5.74, 6) is -0.879. The lowest BCUT2D eigenvalue weighted by Crippen LogP contribution is -1.93. The van der Waals surface area contributed by atoms with Crippen molar-refractivity contribution in [1.82, 2.24) is 0 Å². The molecule has 9 heavy (non-hydrogen) atoms. The van der Waals surface area contributed by atoms with Gasteiger partial charge in [0.15, 0.2) is 0 Å². The lowest BCUT2D eigenvalue weighted by molar-refractivity contribution is 0.0697. The van der Waals surface area contributed by atoms with E-state index in [0.29, 0.717) is 5.56 Å². The average molecular weight is 125 g/mol. The SMILES string of the molecule is O=C(O)c1ccccc1.[2HH]. The minimum absolute atomic E-state index is 0. The van der Waals surface area contributed by atoms with Gasteiger partial charge in [-0.2, -0.15) is 0 Å². The maximum atomic E-state index is 10.2. The van der Waals surface area contributed by atoms with Crippen LogP contribution in [0.1, 0.15) is 11.8 Å². The normalized spacial score (nSPS) is 8.89. The molecule has 0 radical (unpaired) electrons. The number of hydrogen-bond donors (Lipinski definition) is 1. The summed E-state index contributed by atoms with van der Waals surface area (Å²) < 4.78 is 0. The Bertz CT molecular complexity index is 208. The van der Waals surface area contributed by atoms with Gasteiger partial charge in [0.2, 0.25) is 0 Å². The van der Waals surface area contributed by atoms with E-state index in [1.807, 2.05) is 0 Å². The molecule has 0 spiro atoms. The lowest BCUT2D eigenvalue weighted by Gasteiger charge is -1.88. The van der Waals surface area contributed by atoms with E-state index in [-0.39, 0.29) is 1.43 Å². The van der Waals surface area contributed by atoms with E-state index in [2.05, 4.69) is 0 Å². The Hall–Kier alpha value is -1.31. The van der Waals surface area contributed by atoms with Gasteiger partial charge in [0.25, 0.3) is 0 Å². The molecule has 1 N–H and O–H groups in total. The summed E-state index contributed by atoms with van der Waals surface area (Å²) in [5, 5.41) is 8.38. The van der Waals surface area contributed by atoms with Gasteiger partial charge < -0.3 is 5.11 Å². The molecule has 2 heteroatoms. The molecule has 0 saturated carbocycles. The number of rotatable bonds is 1. The van der Waals surface area contributed by atoms with Gasteiger partial charge in [0, 0.05) is 1.43 Å². The zero-order valence-electron chi connectivity index (χ0n) is 4.74. The van der Waals surface area contributed by atoms with Crippen molar-refractivity contribution >= 4 is 5.97 Å². The highest BCUT2D eigenvalue weighted by atomic mass is 16.4. The summed E-state index contributed by atoms with van der Waals surface area (Å²) in [6.07, 6.45) is 0. The van der Waals surface area contributed by atoms with Crippen LogP contribution < -0.4 is 0 Å². The van der Waals surface area contributed by atoms with Crippen LogP contribution in [-0.2, 0) is 0 Å². The van der Waals surface area contributed by atoms with Crippen LogP contribution in [0.25, 0.3) is 0 Å². The van der Waals surface area contributed by atoms with E-state index in [4.69, 9.17) is 5.11 Å². The van der Waals surface area contributed by atoms with E-state index in [9.17, 15) is 4.79 Å². The van der Waals surface area contributed by atoms with Crippen LogP contribution in [0.5, 0.6) is 0 Å². The number of carboxylic acids is 1. The van der Waals surface area contributed by atoms with Crippen LogP contribution >= 0.6 is 0 Å². The molecular weight excluding hydrogens is 116 g/mol. The first-order valence-corrected chi connectivity index (χ1v) is 2.59. The highest BCUT2D eigenvalue weighted by molar-refractivity contribution is 5.87. The van der Waals surface area contributed by atoms with Gasteiger partial charge in [-0.3, -0.25) is 0 Å². The lowest BCUT2D eigenvalue weighted by atomic mass is 10.2. The average Bonchev–Trinajstić information content (AvgIpc) is 1.90. The predicted octanol–water partition coefficient (Wildman–Crippen LogP) is 1.63. The van der Waals surface area contributed by atoms with Crippen LogP contribution in [0.4, 0.5) is 0 Å². The van der Waals surface area contributed by atoms with E-state index in [1.165, 1.54) is 0 Å². The quantitative estimate of drug-likeness (QED) is 0.619. The minimum atomic E-state index is -0.879. The molecule has 0 aromatic heterocycles. The van der Waals surface area contributed by atoms with Gasteiger partial charge in [-0.05, 0) is 12.1 Å². The van der Waals surface area contributed by atoms with Crippen molar-refractivity contribution in [3.8, 4) is 0 Å². The fourth-order valence-electron chi connectivity index (χ4n) is 0.581. The van der Waals surface area contributed by atoms with Crippen LogP contribution in [-0.4, -0.2) is 11.1 Å². The molecule has 0 aliphatic carbocycles. The largest absolute Gasteiger partial charge is 0.478 e. The zero-order valence-corrected chi connectivity index (χ0v) is 4.74. The Morgan fingerprint density at radius 1 is 1.33 bits per heavy atom. The standard InChI is InChI=1S/C7H6O2.H2/c8-7(9)6-4-2-1-3-5-6;/h1-5H,(H,8,9);1H/i;1+1. The molecule has 0 bridgehead atoms.